The number of ether oxygens (including phenoxy) is 1. The molecule has 0 aliphatic rings. The SMILES string of the molecule is C=O.CNCc1cc(C(N)=O)nc(-c2ccc(Oc3ccc(F)cc3)cc2)c1. The van der Waals surface area contributed by atoms with E-state index in [4.69, 9.17) is 15.3 Å². The third-order valence-electron chi connectivity index (χ3n) is 3.72. The highest BCUT2D eigenvalue weighted by Crippen LogP contribution is 2.26. The summed E-state index contributed by atoms with van der Waals surface area (Å²) >= 11 is 0. The van der Waals surface area contributed by atoms with Crippen LogP contribution in [0, 0.1) is 5.82 Å². The van der Waals surface area contributed by atoms with E-state index in [9.17, 15) is 9.18 Å². The van der Waals surface area contributed by atoms with E-state index in [0.29, 0.717) is 23.7 Å². The summed E-state index contributed by atoms with van der Waals surface area (Å²) in [5, 5.41) is 3.04. The smallest absolute Gasteiger partial charge is 0.267 e. The van der Waals surface area contributed by atoms with Crippen molar-refractivity contribution in [3.8, 4) is 22.8 Å². The molecule has 0 aliphatic heterocycles. The third-order valence-corrected chi connectivity index (χ3v) is 3.72. The quantitative estimate of drug-likeness (QED) is 0.683. The number of nitrogens with one attached hydrogen (secondary N) is 1. The molecule has 0 saturated carbocycles. The molecule has 1 aromatic heterocycles. The lowest BCUT2D eigenvalue weighted by Gasteiger charge is -2.09. The van der Waals surface area contributed by atoms with Crippen molar-refractivity contribution in [3.05, 3.63) is 77.7 Å². The molecule has 0 spiro atoms. The molecule has 1 heterocycles. The van der Waals surface area contributed by atoms with Crippen molar-refractivity contribution in [2.45, 2.75) is 6.54 Å². The number of aromatic nitrogens is 1. The maximum atomic E-state index is 12.9. The number of halogens is 1. The average molecular weight is 381 g/mol. The Morgan fingerprint density at radius 3 is 2.18 bits per heavy atom. The van der Waals surface area contributed by atoms with Crippen molar-refractivity contribution in [3.63, 3.8) is 0 Å². The second-order valence-electron chi connectivity index (χ2n) is 5.72. The van der Waals surface area contributed by atoms with Gasteiger partial charge < -0.3 is 20.6 Å². The molecule has 1 amide bonds. The molecule has 3 aromatic rings. The van der Waals surface area contributed by atoms with Gasteiger partial charge in [-0.1, -0.05) is 0 Å². The van der Waals surface area contributed by atoms with Crippen molar-refractivity contribution < 1.29 is 18.7 Å². The van der Waals surface area contributed by atoms with Crippen LogP contribution < -0.4 is 15.8 Å². The summed E-state index contributed by atoms with van der Waals surface area (Å²) in [6.07, 6.45) is 0. The van der Waals surface area contributed by atoms with Crippen LogP contribution in [0.5, 0.6) is 11.5 Å². The maximum Gasteiger partial charge on any atom is 0.267 e. The molecule has 6 nitrogen and oxygen atoms in total. The van der Waals surface area contributed by atoms with E-state index in [1.807, 2.05) is 32.0 Å². The molecule has 0 aliphatic carbocycles. The monoisotopic (exact) mass is 381 g/mol. The van der Waals surface area contributed by atoms with E-state index >= 15 is 0 Å². The van der Waals surface area contributed by atoms with Gasteiger partial charge in [-0.2, -0.15) is 0 Å². The van der Waals surface area contributed by atoms with Gasteiger partial charge in [0.05, 0.1) is 5.69 Å². The molecule has 28 heavy (non-hydrogen) atoms. The lowest BCUT2D eigenvalue weighted by atomic mass is 10.1. The van der Waals surface area contributed by atoms with Crippen molar-refractivity contribution in [1.82, 2.24) is 10.3 Å². The van der Waals surface area contributed by atoms with Crippen LogP contribution in [0.3, 0.4) is 0 Å². The molecule has 3 rings (SSSR count). The van der Waals surface area contributed by atoms with Gasteiger partial charge in [0.15, 0.2) is 0 Å². The van der Waals surface area contributed by atoms with Crippen LogP contribution in [-0.2, 0) is 11.3 Å². The van der Waals surface area contributed by atoms with Gasteiger partial charge in [0.25, 0.3) is 5.91 Å². The summed E-state index contributed by atoms with van der Waals surface area (Å²) in [5.74, 6) is 0.275. The molecule has 0 unspecified atom stereocenters. The first-order chi connectivity index (χ1) is 13.5. The highest BCUT2D eigenvalue weighted by Gasteiger charge is 2.09. The Kier molecular flexibility index (Phi) is 7.36. The molecular weight excluding hydrogens is 361 g/mol. The summed E-state index contributed by atoms with van der Waals surface area (Å²) in [6.45, 7) is 2.60. The molecule has 2 aromatic carbocycles. The number of benzene rings is 2. The standard InChI is InChI=1S/C20H18FN3O2.CH2O/c1-23-12-13-10-18(24-19(11-13)20(22)25)14-2-6-16(7-3-14)26-17-8-4-15(21)5-9-17;1-2/h2-11,23H,12H2,1H3,(H2,22,25);1H2. The fraction of sp³-hybridized carbons (Fsp3) is 0.0952. The van der Waals surface area contributed by atoms with Crippen LogP contribution >= 0.6 is 0 Å². The molecule has 7 heteroatoms. The van der Waals surface area contributed by atoms with Crippen LogP contribution in [-0.4, -0.2) is 24.7 Å². The first-order valence-corrected chi connectivity index (χ1v) is 8.33. The predicted molar refractivity (Wildman–Crippen MR) is 105 cm³/mol. The van der Waals surface area contributed by atoms with Crippen LogP contribution in [0.4, 0.5) is 4.39 Å². The van der Waals surface area contributed by atoms with E-state index in [1.165, 1.54) is 12.1 Å². The molecule has 144 valence electrons. The predicted octanol–water partition coefficient (Wildman–Crippen LogP) is 3.31. The molecule has 0 bridgehead atoms. The zero-order chi connectivity index (χ0) is 20.5. The zero-order valence-corrected chi connectivity index (χ0v) is 15.3. The van der Waals surface area contributed by atoms with Crippen LogP contribution in [0.1, 0.15) is 16.1 Å². The van der Waals surface area contributed by atoms with Gasteiger partial charge in [0.2, 0.25) is 0 Å². The van der Waals surface area contributed by atoms with E-state index < -0.39 is 5.91 Å². The highest BCUT2D eigenvalue weighted by molar-refractivity contribution is 5.91. The van der Waals surface area contributed by atoms with E-state index in [0.717, 1.165) is 11.1 Å². The third kappa shape index (κ3) is 5.46. The number of hydrogen-bond donors (Lipinski definition) is 2. The molecular formula is C21H20FN3O3. The Morgan fingerprint density at radius 1 is 1.07 bits per heavy atom. The van der Waals surface area contributed by atoms with E-state index in [-0.39, 0.29) is 11.5 Å². The van der Waals surface area contributed by atoms with Gasteiger partial charge in [0.1, 0.15) is 29.8 Å². The van der Waals surface area contributed by atoms with Gasteiger partial charge >= 0.3 is 0 Å². The number of nitrogens with zero attached hydrogens (tertiary/aromatic N) is 1. The number of primary amides is 1. The van der Waals surface area contributed by atoms with Gasteiger partial charge in [-0.3, -0.25) is 4.79 Å². The second kappa shape index (κ2) is 9.94. The van der Waals surface area contributed by atoms with E-state index in [1.54, 1.807) is 30.3 Å². The highest BCUT2D eigenvalue weighted by atomic mass is 19.1. The number of carbonyl (C=O) groups is 2. The van der Waals surface area contributed by atoms with Crippen molar-refractivity contribution in [2.24, 2.45) is 5.73 Å². The second-order valence-corrected chi connectivity index (χ2v) is 5.72. The Labute approximate surface area is 162 Å². The largest absolute Gasteiger partial charge is 0.457 e. The number of hydrogen-bond acceptors (Lipinski definition) is 5. The van der Waals surface area contributed by atoms with Gasteiger partial charge in [-0.25, -0.2) is 9.37 Å². The average Bonchev–Trinajstić information content (AvgIpc) is 2.72. The first-order valence-electron chi connectivity index (χ1n) is 8.33. The Morgan fingerprint density at radius 2 is 1.64 bits per heavy atom. The van der Waals surface area contributed by atoms with Gasteiger partial charge in [-0.05, 0) is 73.3 Å². The molecule has 3 N–H and O–H groups in total. The number of rotatable bonds is 6. The minimum Gasteiger partial charge on any atom is -0.457 e. The number of amides is 1. The van der Waals surface area contributed by atoms with Crippen LogP contribution in [0.25, 0.3) is 11.3 Å². The Hall–Kier alpha value is -3.58. The van der Waals surface area contributed by atoms with Gasteiger partial charge in [0, 0.05) is 12.1 Å². The molecule has 0 radical (unpaired) electrons. The van der Waals surface area contributed by atoms with Crippen molar-refractivity contribution in [2.75, 3.05) is 7.05 Å². The van der Waals surface area contributed by atoms with Crippen molar-refractivity contribution in [1.29, 1.82) is 0 Å². The maximum absolute atomic E-state index is 12.9. The number of nitrogens with two attached hydrogens (primary N) is 1. The summed E-state index contributed by atoms with van der Waals surface area (Å²) in [6, 6.07) is 16.6. The lowest BCUT2D eigenvalue weighted by molar-refractivity contribution is -0.0980. The number of pyridine rings is 1. The Bertz CT molecular complexity index is 929. The first kappa shape index (κ1) is 20.7. The van der Waals surface area contributed by atoms with Gasteiger partial charge in [-0.15, -0.1) is 0 Å². The summed E-state index contributed by atoms with van der Waals surface area (Å²) in [4.78, 5) is 23.8. The molecule has 0 atom stereocenters. The van der Waals surface area contributed by atoms with Crippen LogP contribution in [0.15, 0.2) is 60.7 Å². The fourth-order valence-corrected chi connectivity index (χ4v) is 2.50. The van der Waals surface area contributed by atoms with Crippen molar-refractivity contribution >= 4 is 12.7 Å². The summed E-state index contributed by atoms with van der Waals surface area (Å²) in [5.41, 5.74) is 8.00. The number of carbonyl (C=O) groups excluding carboxylic acids is 2. The fourth-order valence-electron chi connectivity index (χ4n) is 2.50. The molecule has 0 saturated heterocycles. The topological polar surface area (TPSA) is 94.3 Å². The normalized spacial score (nSPS) is 9.93. The lowest BCUT2D eigenvalue weighted by Crippen LogP contribution is -2.15. The van der Waals surface area contributed by atoms with Crippen LogP contribution in [0.2, 0.25) is 0 Å². The minimum absolute atomic E-state index is 0.222. The minimum atomic E-state index is -0.569. The molecule has 0 fully saturated rings. The Balaban J connectivity index is 0.00000136. The summed E-state index contributed by atoms with van der Waals surface area (Å²) in [7, 11) is 1.83. The summed E-state index contributed by atoms with van der Waals surface area (Å²) < 4.78 is 18.6. The van der Waals surface area contributed by atoms with E-state index in [2.05, 4.69) is 10.3 Å². The zero-order valence-electron chi connectivity index (χ0n) is 15.3.